The molecule has 2 aromatic rings. The minimum absolute atomic E-state index is 0.218. The summed E-state index contributed by atoms with van der Waals surface area (Å²) < 4.78 is 39.1. The van der Waals surface area contributed by atoms with Crippen LogP contribution >= 0.6 is 0 Å². The molecular weight excluding hydrogens is 301 g/mol. The molecule has 1 fully saturated rings. The predicted octanol–water partition coefficient (Wildman–Crippen LogP) is 3.42. The first-order valence-electron chi connectivity index (χ1n) is 7.73. The van der Waals surface area contributed by atoms with Crippen molar-refractivity contribution in [3.05, 3.63) is 71.0 Å². The summed E-state index contributed by atoms with van der Waals surface area (Å²) in [5, 5.41) is 0. The number of halogens is 3. The Morgan fingerprint density at radius 3 is 1.74 bits per heavy atom. The fourth-order valence-corrected chi connectivity index (χ4v) is 2.85. The molecule has 0 radical (unpaired) electrons. The van der Waals surface area contributed by atoms with Crippen molar-refractivity contribution < 1.29 is 13.2 Å². The van der Waals surface area contributed by atoms with Gasteiger partial charge < -0.3 is 0 Å². The second kappa shape index (κ2) is 7.15. The molecule has 0 amide bonds. The summed E-state index contributed by atoms with van der Waals surface area (Å²) in [7, 11) is 0. The van der Waals surface area contributed by atoms with Gasteiger partial charge in [0, 0.05) is 39.3 Å². The highest BCUT2D eigenvalue weighted by molar-refractivity contribution is 5.18. The lowest BCUT2D eigenvalue weighted by Gasteiger charge is -2.34. The maximum atomic E-state index is 13.2. The SMILES string of the molecule is Fc1ccc(CN2CCN(Cc3ccc(F)c(F)c3)CC2)cc1. The van der Waals surface area contributed by atoms with E-state index < -0.39 is 11.6 Å². The Labute approximate surface area is 134 Å². The largest absolute Gasteiger partial charge is 0.297 e. The second-order valence-corrected chi connectivity index (χ2v) is 5.93. The Kier molecular flexibility index (Phi) is 4.98. The van der Waals surface area contributed by atoms with E-state index in [-0.39, 0.29) is 5.82 Å². The first-order valence-corrected chi connectivity index (χ1v) is 7.73. The highest BCUT2D eigenvalue weighted by atomic mass is 19.2. The standard InChI is InChI=1S/C18H19F3N2/c19-16-4-1-14(2-5-16)12-22-7-9-23(10-8-22)13-15-3-6-17(20)18(21)11-15/h1-6,11H,7-10,12-13H2. The van der Waals surface area contributed by atoms with E-state index in [4.69, 9.17) is 0 Å². The van der Waals surface area contributed by atoms with Gasteiger partial charge in [-0.1, -0.05) is 18.2 Å². The molecule has 3 rings (SSSR count). The van der Waals surface area contributed by atoms with Crippen LogP contribution in [0.4, 0.5) is 13.2 Å². The lowest BCUT2D eigenvalue weighted by molar-refractivity contribution is 0.122. The van der Waals surface area contributed by atoms with Crippen molar-refractivity contribution in [1.82, 2.24) is 9.80 Å². The Bertz CT molecular complexity index is 650. The highest BCUT2D eigenvalue weighted by Gasteiger charge is 2.17. The third kappa shape index (κ3) is 4.33. The van der Waals surface area contributed by atoms with Crippen LogP contribution < -0.4 is 0 Å². The molecule has 0 saturated carbocycles. The van der Waals surface area contributed by atoms with E-state index in [0.717, 1.165) is 43.9 Å². The van der Waals surface area contributed by atoms with E-state index in [1.54, 1.807) is 6.07 Å². The molecule has 5 heteroatoms. The normalized spacial score (nSPS) is 16.7. The van der Waals surface area contributed by atoms with Gasteiger partial charge in [0.25, 0.3) is 0 Å². The van der Waals surface area contributed by atoms with Crippen LogP contribution in [0, 0.1) is 17.5 Å². The van der Waals surface area contributed by atoms with Gasteiger partial charge in [-0.3, -0.25) is 9.80 Å². The molecule has 0 spiro atoms. The quantitative estimate of drug-likeness (QED) is 0.852. The van der Waals surface area contributed by atoms with Crippen molar-refractivity contribution in [2.24, 2.45) is 0 Å². The van der Waals surface area contributed by atoms with Gasteiger partial charge in [-0.05, 0) is 35.4 Å². The molecular formula is C18H19F3N2. The number of hydrogen-bond acceptors (Lipinski definition) is 2. The molecule has 0 aromatic heterocycles. The van der Waals surface area contributed by atoms with Crippen LogP contribution in [0.3, 0.4) is 0 Å². The van der Waals surface area contributed by atoms with Crippen LogP contribution in [0.25, 0.3) is 0 Å². The van der Waals surface area contributed by atoms with Gasteiger partial charge in [0.2, 0.25) is 0 Å². The summed E-state index contributed by atoms with van der Waals surface area (Å²) in [6.07, 6.45) is 0. The minimum Gasteiger partial charge on any atom is -0.297 e. The monoisotopic (exact) mass is 320 g/mol. The Morgan fingerprint density at radius 1 is 0.652 bits per heavy atom. The molecule has 122 valence electrons. The number of hydrogen-bond donors (Lipinski definition) is 0. The second-order valence-electron chi connectivity index (χ2n) is 5.93. The minimum atomic E-state index is -0.808. The van der Waals surface area contributed by atoms with Gasteiger partial charge in [-0.2, -0.15) is 0 Å². The van der Waals surface area contributed by atoms with Gasteiger partial charge in [0.05, 0.1) is 0 Å². The first-order chi connectivity index (χ1) is 11.1. The fourth-order valence-electron chi connectivity index (χ4n) is 2.85. The molecule has 0 atom stereocenters. The third-order valence-corrected chi connectivity index (χ3v) is 4.17. The Hall–Kier alpha value is -1.85. The van der Waals surface area contributed by atoms with E-state index in [2.05, 4.69) is 9.80 Å². The maximum Gasteiger partial charge on any atom is 0.159 e. The summed E-state index contributed by atoms with van der Waals surface area (Å²) in [6, 6.07) is 10.6. The van der Waals surface area contributed by atoms with Crippen molar-refractivity contribution in [2.75, 3.05) is 26.2 Å². The Balaban J connectivity index is 1.50. The third-order valence-electron chi connectivity index (χ3n) is 4.17. The smallest absolute Gasteiger partial charge is 0.159 e. The van der Waals surface area contributed by atoms with Crippen LogP contribution in [-0.2, 0) is 13.1 Å². The Morgan fingerprint density at radius 2 is 1.17 bits per heavy atom. The molecule has 0 N–H and O–H groups in total. The number of piperazine rings is 1. The van der Waals surface area contributed by atoms with E-state index >= 15 is 0 Å². The lowest BCUT2D eigenvalue weighted by atomic mass is 10.1. The molecule has 1 aliphatic rings. The molecule has 23 heavy (non-hydrogen) atoms. The average Bonchev–Trinajstić information content (AvgIpc) is 2.55. The first kappa shape index (κ1) is 16.0. The topological polar surface area (TPSA) is 6.48 Å². The summed E-state index contributed by atoms with van der Waals surface area (Å²) in [5.74, 6) is -1.82. The average molecular weight is 320 g/mol. The zero-order valence-corrected chi connectivity index (χ0v) is 12.8. The molecule has 0 unspecified atom stereocenters. The van der Waals surface area contributed by atoms with E-state index in [0.29, 0.717) is 6.54 Å². The lowest BCUT2D eigenvalue weighted by Crippen LogP contribution is -2.45. The van der Waals surface area contributed by atoms with Gasteiger partial charge in [0.15, 0.2) is 11.6 Å². The van der Waals surface area contributed by atoms with Crippen molar-refractivity contribution in [2.45, 2.75) is 13.1 Å². The van der Waals surface area contributed by atoms with E-state index in [9.17, 15) is 13.2 Å². The van der Waals surface area contributed by atoms with Crippen molar-refractivity contribution in [3.8, 4) is 0 Å². The van der Waals surface area contributed by atoms with E-state index in [1.807, 2.05) is 12.1 Å². The van der Waals surface area contributed by atoms with Crippen molar-refractivity contribution in [3.63, 3.8) is 0 Å². The van der Waals surface area contributed by atoms with Crippen LogP contribution in [0.2, 0.25) is 0 Å². The van der Waals surface area contributed by atoms with Crippen LogP contribution in [0.15, 0.2) is 42.5 Å². The van der Waals surface area contributed by atoms with Gasteiger partial charge in [-0.15, -0.1) is 0 Å². The zero-order valence-electron chi connectivity index (χ0n) is 12.8. The van der Waals surface area contributed by atoms with Gasteiger partial charge >= 0.3 is 0 Å². The molecule has 1 aliphatic heterocycles. The van der Waals surface area contributed by atoms with Crippen LogP contribution in [-0.4, -0.2) is 36.0 Å². The summed E-state index contributed by atoms with van der Waals surface area (Å²) >= 11 is 0. The maximum absolute atomic E-state index is 13.2. The molecule has 2 aromatic carbocycles. The highest BCUT2D eigenvalue weighted by Crippen LogP contribution is 2.14. The van der Waals surface area contributed by atoms with Crippen LogP contribution in [0.5, 0.6) is 0 Å². The molecule has 0 bridgehead atoms. The molecule has 2 nitrogen and oxygen atoms in total. The molecule has 1 heterocycles. The van der Waals surface area contributed by atoms with Crippen LogP contribution in [0.1, 0.15) is 11.1 Å². The van der Waals surface area contributed by atoms with Crippen molar-refractivity contribution >= 4 is 0 Å². The predicted molar refractivity (Wildman–Crippen MR) is 83.3 cm³/mol. The van der Waals surface area contributed by atoms with Gasteiger partial charge in [0.1, 0.15) is 5.82 Å². The fraction of sp³-hybridized carbons (Fsp3) is 0.333. The zero-order chi connectivity index (χ0) is 16.2. The summed E-state index contributed by atoms with van der Waals surface area (Å²) in [5.41, 5.74) is 1.89. The number of nitrogens with zero attached hydrogens (tertiary/aromatic N) is 2. The molecule has 1 saturated heterocycles. The summed E-state index contributed by atoms with van der Waals surface area (Å²) in [4.78, 5) is 4.54. The number of rotatable bonds is 4. The van der Waals surface area contributed by atoms with Crippen molar-refractivity contribution in [1.29, 1.82) is 0 Å². The summed E-state index contributed by atoms with van der Waals surface area (Å²) in [6.45, 7) is 4.99. The van der Waals surface area contributed by atoms with E-state index in [1.165, 1.54) is 24.3 Å². The number of benzene rings is 2. The van der Waals surface area contributed by atoms with Gasteiger partial charge in [-0.25, -0.2) is 13.2 Å². The molecule has 0 aliphatic carbocycles.